The monoisotopic (exact) mass is 380 g/mol. The molecule has 0 unspecified atom stereocenters. The van der Waals surface area contributed by atoms with E-state index in [1.165, 1.54) is 0 Å². The molecule has 1 aliphatic rings. The second-order valence-corrected chi connectivity index (χ2v) is 7.97. The Labute approximate surface area is 165 Å². The number of hydrogen-bond donors (Lipinski definition) is 3. The highest BCUT2D eigenvalue weighted by molar-refractivity contribution is 7.81. The number of thiocarbonyl (C=S) groups is 1. The molecule has 0 fully saturated rings. The molecule has 3 rings (SSSR count). The van der Waals surface area contributed by atoms with Gasteiger partial charge in [0.1, 0.15) is 10.8 Å². The number of nitrogens with two attached hydrogens (primary N) is 1. The van der Waals surface area contributed by atoms with Crippen molar-refractivity contribution < 1.29 is 4.79 Å². The van der Waals surface area contributed by atoms with Crippen molar-refractivity contribution in [1.82, 2.24) is 10.3 Å². The summed E-state index contributed by atoms with van der Waals surface area (Å²) in [6, 6.07) is 13.4. The molecule has 0 amide bonds. The van der Waals surface area contributed by atoms with Gasteiger partial charge in [-0.25, -0.2) is 4.98 Å². The summed E-state index contributed by atoms with van der Waals surface area (Å²) in [5, 5.41) is 6.61. The molecule has 0 atom stereocenters. The molecule has 0 saturated heterocycles. The average molecular weight is 381 g/mol. The zero-order valence-corrected chi connectivity index (χ0v) is 16.4. The first-order valence-corrected chi connectivity index (χ1v) is 9.32. The third-order valence-corrected chi connectivity index (χ3v) is 4.79. The van der Waals surface area contributed by atoms with Crippen LogP contribution in [-0.4, -0.2) is 15.8 Å². The van der Waals surface area contributed by atoms with Crippen LogP contribution in [0.3, 0.4) is 0 Å². The summed E-state index contributed by atoms with van der Waals surface area (Å²) in [5.41, 5.74) is 8.98. The number of benzene rings is 1. The van der Waals surface area contributed by atoms with Crippen molar-refractivity contribution in [1.29, 1.82) is 0 Å². The molecule has 1 aliphatic carbocycles. The van der Waals surface area contributed by atoms with Crippen LogP contribution in [0.5, 0.6) is 0 Å². The summed E-state index contributed by atoms with van der Waals surface area (Å²) in [4.78, 5) is 17.3. The van der Waals surface area contributed by atoms with Crippen molar-refractivity contribution in [3.8, 4) is 0 Å². The number of nitrogen functional groups attached to an aromatic ring is 1. The molecule has 0 spiro atoms. The fourth-order valence-electron chi connectivity index (χ4n) is 3.26. The Morgan fingerprint density at radius 1 is 1.22 bits per heavy atom. The molecule has 2 aromatic rings. The van der Waals surface area contributed by atoms with E-state index in [-0.39, 0.29) is 11.2 Å². The molecular formula is C21H24N4OS. The number of carbonyl (C=O) groups is 1. The van der Waals surface area contributed by atoms with Gasteiger partial charge in [-0.3, -0.25) is 4.79 Å². The normalized spacial score (nSPS) is 16.1. The predicted molar refractivity (Wildman–Crippen MR) is 113 cm³/mol. The van der Waals surface area contributed by atoms with Gasteiger partial charge in [-0.2, -0.15) is 0 Å². The van der Waals surface area contributed by atoms with Gasteiger partial charge >= 0.3 is 0 Å². The number of para-hydroxylation sites is 1. The average Bonchev–Trinajstić information content (AvgIpc) is 2.59. The molecule has 140 valence electrons. The third kappa shape index (κ3) is 4.92. The Kier molecular flexibility index (Phi) is 5.56. The van der Waals surface area contributed by atoms with E-state index in [1.54, 1.807) is 6.20 Å². The lowest BCUT2D eigenvalue weighted by Gasteiger charge is -2.33. The Bertz CT molecular complexity index is 890. The zero-order chi connectivity index (χ0) is 19.4. The smallest absolute Gasteiger partial charge is 0.168 e. The van der Waals surface area contributed by atoms with Crippen molar-refractivity contribution >= 4 is 34.5 Å². The Morgan fingerprint density at radius 2 is 1.96 bits per heavy atom. The summed E-state index contributed by atoms with van der Waals surface area (Å²) in [5.74, 6) is 0.543. The lowest BCUT2D eigenvalue weighted by Crippen LogP contribution is -2.35. The van der Waals surface area contributed by atoms with Gasteiger partial charge in [-0.15, -0.1) is 0 Å². The highest BCUT2D eigenvalue weighted by Gasteiger charge is 2.34. The van der Waals surface area contributed by atoms with Crippen LogP contribution in [0.15, 0.2) is 59.9 Å². The zero-order valence-electron chi connectivity index (χ0n) is 15.6. The predicted octanol–water partition coefficient (Wildman–Crippen LogP) is 3.84. The van der Waals surface area contributed by atoms with Crippen LogP contribution < -0.4 is 16.4 Å². The van der Waals surface area contributed by atoms with Crippen molar-refractivity contribution in [2.75, 3.05) is 11.1 Å². The van der Waals surface area contributed by atoms with Crippen LogP contribution in [0, 0.1) is 5.41 Å². The van der Waals surface area contributed by atoms with Crippen LogP contribution in [0.4, 0.5) is 11.5 Å². The number of Topliss-reactive ketones (excluding diaryl/α,β-unsaturated/α-hetero) is 1. The lowest BCUT2D eigenvalue weighted by molar-refractivity contribution is -0.117. The molecule has 4 N–H and O–H groups in total. The number of rotatable bonds is 5. The van der Waals surface area contributed by atoms with E-state index in [2.05, 4.69) is 29.5 Å². The molecule has 1 aromatic carbocycles. The lowest BCUT2D eigenvalue weighted by atomic mass is 9.75. The highest BCUT2D eigenvalue weighted by atomic mass is 32.1. The number of anilines is 2. The largest absolute Gasteiger partial charge is 0.384 e. The first-order valence-electron chi connectivity index (χ1n) is 8.91. The number of nitrogens with zero attached hydrogens (tertiary/aromatic N) is 1. The van der Waals surface area contributed by atoms with Gasteiger partial charge in [0, 0.05) is 30.5 Å². The molecule has 0 bridgehead atoms. The standard InChI is InChI=1S/C21H24N4OS/c1-21(2)11-16(24-13-14-8-9-23-18(22)10-14)19(17(26)12-21)20(27)25-15-6-4-3-5-7-15/h3-10,24H,11-13H2,1-2H3,(H2,22,23)(H,25,27). The number of aromatic nitrogens is 1. The van der Waals surface area contributed by atoms with Crippen LogP contribution in [0.1, 0.15) is 32.3 Å². The van der Waals surface area contributed by atoms with Crippen molar-refractivity contribution in [3.63, 3.8) is 0 Å². The first-order chi connectivity index (χ1) is 12.8. The van der Waals surface area contributed by atoms with Gasteiger partial charge in [0.05, 0.1) is 5.57 Å². The second kappa shape index (κ2) is 7.88. The molecule has 27 heavy (non-hydrogen) atoms. The van der Waals surface area contributed by atoms with Gasteiger partial charge in [-0.05, 0) is 41.7 Å². The fraction of sp³-hybridized carbons (Fsp3) is 0.286. The molecule has 1 aromatic heterocycles. The fourth-order valence-corrected chi connectivity index (χ4v) is 3.62. The van der Waals surface area contributed by atoms with E-state index in [9.17, 15) is 4.79 Å². The number of hydrogen-bond acceptors (Lipinski definition) is 5. The summed E-state index contributed by atoms with van der Waals surface area (Å²) < 4.78 is 0. The molecule has 0 aliphatic heterocycles. The van der Waals surface area contributed by atoms with Crippen LogP contribution in [0.25, 0.3) is 0 Å². The third-order valence-electron chi connectivity index (χ3n) is 4.49. The Hall–Kier alpha value is -2.73. The molecule has 5 nitrogen and oxygen atoms in total. The molecule has 0 saturated carbocycles. The molecule has 6 heteroatoms. The van der Waals surface area contributed by atoms with Crippen LogP contribution in [0.2, 0.25) is 0 Å². The molecule has 0 radical (unpaired) electrons. The summed E-state index contributed by atoms with van der Waals surface area (Å²) in [6.45, 7) is 4.76. The summed E-state index contributed by atoms with van der Waals surface area (Å²) in [7, 11) is 0. The minimum Gasteiger partial charge on any atom is -0.384 e. The van der Waals surface area contributed by atoms with Crippen molar-refractivity contribution in [2.24, 2.45) is 5.41 Å². The van der Waals surface area contributed by atoms with E-state index in [0.29, 0.717) is 29.3 Å². The van der Waals surface area contributed by atoms with E-state index >= 15 is 0 Å². The quantitative estimate of drug-likeness (QED) is 0.684. The Balaban J connectivity index is 1.86. The number of nitrogens with one attached hydrogen (secondary N) is 2. The maximum Gasteiger partial charge on any atom is 0.168 e. The van der Waals surface area contributed by atoms with Crippen LogP contribution in [-0.2, 0) is 11.3 Å². The number of carbonyl (C=O) groups excluding carboxylic acids is 1. The number of pyridine rings is 1. The molecular weight excluding hydrogens is 356 g/mol. The highest BCUT2D eigenvalue weighted by Crippen LogP contribution is 2.36. The van der Waals surface area contributed by atoms with Gasteiger partial charge in [0.25, 0.3) is 0 Å². The second-order valence-electron chi connectivity index (χ2n) is 7.56. The topological polar surface area (TPSA) is 80.0 Å². The summed E-state index contributed by atoms with van der Waals surface area (Å²) in [6.07, 6.45) is 2.91. The van der Waals surface area contributed by atoms with Gasteiger partial charge in [-0.1, -0.05) is 44.3 Å². The van der Waals surface area contributed by atoms with Gasteiger partial charge < -0.3 is 16.4 Å². The van der Waals surface area contributed by atoms with Gasteiger partial charge in [0.2, 0.25) is 0 Å². The van der Waals surface area contributed by atoms with E-state index in [1.807, 2.05) is 42.5 Å². The first kappa shape index (κ1) is 19.0. The van der Waals surface area contributed by atoms with E-state index in [4.69, 9.17) is 18.0 Å². The van der Waals surface area contributed by atoms with Gasteiger partial charge in [0.15, 0.2) is 5.78 Å². The molecule has 1 heterocycles. The number of allylic oxidation sites excluding steroid dienone is 1. The minimum atomic E-state index is -0.109. The number of ketones is 1. The SMILES string of the molecule is CC1(C)CC(=O)C(C(=S)Nc2ccccc2)=C(NCc2ccnc(N)c2)C1. The van der Waals surface area contributed by atoms with Crippen molar-refractivity contribution in [2.45, 2.75) is 33.2 Å². The minimum absolute atomic E-state index is 0.0661. The van der Waals surface area contributed by atoms with E-state index in [0.717, 1.165) is 23.4 Å². The van der Waals surface area contributed by atoms with Crippen LogP contribution >= 0.6 is 12.2 Å². The summed E-state index contributed by atoms with van der Waals surface area (Å²) >= 11 is 5.58. The Morgan fingerprint density at radius 3 is 2.67 bits per heavy atom. The maximum atomic E-state index is 12.9. The van der Waals surface area contributed by atoms with Crippen molar-refractivity contribution in [3.05, 3.63) is 65.5 Å². The van der Waals surface area contributed by atoms with E-state index < -0.39 is 0 Å². The maximum absolute atomic E-state index is 12.9.